The number of aromatic nitrogens is 4. The van der Waals surface area contributed by atoms with Gasteiger partial charge in [0.05, 0.1) is 24.5 Å². The Kier molecular flexibility index (Phi) is 4.66. The molecule has 1 aliphatic heterocycles. The Morgan fingerprint density at radius 1 is 1.46 bits per heavy atom. The molecule has 0 radical (unpaired) electrons. The minimum Gasteiger partial charge on any atom is -0.374 e. The van der Waals surface area contributed by atoms with Crippen LogP contribution in [0.25, 0.3) is 0 Å². The third-order valence-corrected chi connectivity index (χ3v) is 3.98. The largest absolute Gasteiger partial charge is 0.374 e. The quantitative estimate of drug-likeness (QED) is 0.848. The average molecular weight is 333 g/mol. The van der Waals surface area contributed by atoms with Gasteiger partial charge in [0.25, 0.3) is 11.8 Å². The molecule has 1 aliphatic rings. The molecule has 1 saturated heterocycles. The molecule has 2 aromatic rings. The van der Waals surface area contributed by atoms with Gasteiger partial charge in [-0.05, 0) is 19.8 Å². The lowest BCUT2D eigenvalue weighted by atomic mass is 10.1. The summed E-state index contributed by atoms with van der Waals surface area (Å²) in [6.07, 6.45) is 3.19. The third-order valence-electron chi connectivity index (χ3n) is 3.98. The van der Waals surface area contributed by atoms with Crippen molar-refractivity contribution in [1.82, 2.24) is 24.8 Å². The first-order chi connectivity index (χ1) is 11.5. The summed E-state index contributed by atoms with van der Waals surface area (Å²) in [6, 6.07) is -0.388. The highest BCUT2D eigenvalue weighted by molar-refractivity contribution is 5.94. The van der Waals surface area contributed by atoms with Crippen molar-refractivity contribution in [3.63, 3.8) is 0 Å². The Hall–Kier alpha value is -2.22. The van der Waals surface area contributed by atoms with Crippen LogP contribution in [0, 0.1) is 12.8 Å². The average Bonchev–Trinajstić information content (AvgIpc) is 3.15. The Morgan fingerprint density at radius 3 is 2.92 bits per heavy atom. The maximum atomic E-state index is 13.0. The van der Waals surface area contributed by atoms with E-state index in [1.807, 2.05) is 6.92 Å². The molecule has 0 bridgehead atoms. The van der Waals surface area contributed by atoms with Gasteiger partial charge in [-0.2, -0.15) is 10.1 Å². The summed E-state index contributed by atoms with van der Waals surface area (Å²) in [4.78, 5) is 19.0. The van der Waals surface area contributed by atoms with E-state index in [0.29, 0.717) is 36.3 Å². The second-order valence-electron chi connectivity index (χ2n) is 6.54. The molecule has 0 saturated carbocycles. The number of aryl methyl sites for hydroxylation is 1. The molecule has 130 valence electrons. The van der Waals surface area contributed by atoms with E-state index in [9.17, 15) is 4.79 Å². The van der Waals surface area contributed by atoms with Crippen LogP contribution in [0.1, 0.15) is 48.9 Å². The Bertz CT molecular complexity index is 708. The lowest BCUT2D eigenvalue weighted by Crippen LogP contribution is -2.47. The van der Waals surface area contributed by atoms with Crippen LogP contribution in [0.3, 0.4) is 0 Å². The van der Waals surface area contributed by atoms with Gasteiger partial charge < -0.3 is 14.2 Å². The fourth-order valence-electron chi connectivity index (χ4n) is 2.93. The molecule has 1 fully saturated rings. The van der Waals surface area contributed by atoms with Gasteiger partial charge in [-0.1, -0.05) is 19.0 Å². The smallest absolute Gasteiger partial charge is 0.257 e. The number of amides is 1. The van der Waals surface area contributed by atoms with E-state index in [1.165, 1.54) is 0 Å². The van der Waals surface area contributed by atoms with Crippen molar-refractivity contribution < 1.29 is 14.1 Å². The standard InChI is InChI=1S/C16H23N5O3/c1-10(2)8-20-9-13(7-17-20)16(22)21-5-6-23-11(3)14(21)15-18-12(4)19-24-15/h7,9-11,14H,5-6,8H2,1-4H3/t11-,14+/m1/s1. The summed E-state index contributed by atoms with van der Waals surface area (Å²) < 4.78 is 12.8. The lowest BCUT2D eigenvalue weighted by Gasteiger charge is -2.37. The van der Waals surface area contributed by atoms with E-state index in [2.05, 4.69) is 29.1 Å². The van der Waals surface area contributed by atoms with E-state index < -0.39 is 0 Å². The molecular weight excluding hydrogens is 310 g/mol. The van der Waals surface area contributed by atoms with Crippen LogP contribution < -0.4 is 0 Å². The monoisotopic (exact) mass is 333 g/mol. The lowest BCUT2D eigenvalue weighted by molar-refractivity contribution is -0.0600. The van der Waals surface area contributed by atoms with Crippen molar-refractivity contribution in [2.75, 3.05) is 13.2 Å². The van der Waals surface area contributed by atoms with E-state index >= 15 is 0 Å². The predicted molar refractivity (Wildman–Crippen MR) is 85.3 cm³/mol. The molecule has 8 heteroatoms. The SMILES string of the molecule is Cc1noc([C@@H]2[C@@H](C)OCCN2C(=O)c2cnn(CC(C)C)c2)n1. The van der Waals surface area contributed by atoms with E-state index in [0.717, 1.165) is 6.54 Å². The zero-order valence-electron chi connectivity index (χ0n) is 14.5. The van der Waals surface area contributed by atoms with E-state index in [4.69, 9.17) is 9.26 Å². The number of carbonyl (C=O) groups excluding carboxylic acids is 1. The molecule has 2 aromatic heterocycles. The number of morpholine rings is 1. The van der Waals surface area contributed by atoms with Gasteiger partial charge in [-0.25, -0.2) is 0 Å². The summed E-state index contributed by atoms with van der Waals surface area (Å²) in [5.41, 5.74) is 0.561. The maximum Gasteiger partial charge on any atom is 0.257 e. The summed E-state index contributed by atoms with van der Waals surface area (Å²) in [7, 11) is 0. The molecule has 1 amide bonds. The molecule has 0 aromatic carbocycles. The van der Waals surface area contributed by atoms with Gasteiger partial charge in [-0.3, -0.25) is 9.48 Å². The molecule has 24 heavy (non-hydrogen) atoms. The van der Waals surface area contributed by atoms with E-state index in [1.54, 1.807) is 28.9 Å². The molecule has 8 nitrogen and oxygen atoms in total. The van der Waals surface area contributed by atoms with Gasteiger partial charge in [0.1, 0.15) is 6.04 Å². The summed E-state index contributed by atoms with van der Waals surface area (Å²) in [5.74, 6) is 1.31. The van der Waals surface area contributed by atoms with Crippen molar-refractivity contribution in [1.29, 1.82) is 0 Å². The number of rotatable bonds is 4. The summed E-state index contributed by atoms with van der Waals surface area (Å²) >= 11 is 0. The number of ether oxygens (including phenoxy) is 1. The van der Waals surface area contributed by atoms with Crippen LogP contribution in [0.5, 0.6) is 0 Å². The van der Waals surface area contributed by atoms with Crippen LogP contribution in [0.4, 0.5) is 0 Å². The molecule has 0 spiro atoms. The number of hydrogen-bond donors (Lipinski definition) is 0. The minimum atomic E-state index is -0.388. The van der Waals surface area contributed by atoms with Gasteiger partial charge in [-0.15, -0.1) is 0 Å². The van der Waals surface area contributed by atoms with Crippen LogP contribution in [-0.2, 0) is 11.3 Å². The first-order valence-electron chi connectivity index (χ1n) is 8.21. The summed E-state index contributed by atoms with van der Waals surface area (Å²) in [6.45, 7) is 9.62. The Balaban J connectivity index is 1.84. The fourth-order valence-corrected chi connectivity index (χ4v) is 2.93. The number of carbonyl (C=O) groups is 1. The van der Waals surface area contributed by atoms with Crippen molar-refractivity contribution in [3.05, 3.63) is 29.7 Å². The molecular formula is C16H23N5O3. The van der Waals surface area contributed by atoms with Crippen molar-refractivity contribution >= 4 is 5.91 Å². The van der Waals surface area contributed by atoms with Gasteiger partial charge >= 0.3 is 0 Å². The highest BCUT2D eigenvalue weighted by Gasteiger charge is 2.38. The Morgan fingerprint density at radius 2 is 2.25 bits per heavy atom. The molecule has 3 heterocycles. The maximum absolute atomic E-state index is 13.0. The normalized spacial score (nSPS) is 21.5. The third kappa shape index (κ3) is 3.33. The van der Waals surface area contributed by atoms with Crippen LogP contribution in [0.2, 0.25) is 0 Å². The fraction of sp³-hybridized carbons (Fsp3) is 0.625. The summed E-state index contributed by atoms with van der Waals surface area (Å²) in [5, 5.41) is 8.11. The highest BCUT2D eigenvalue weighted by Crippen LogP contribution is 2.29. The van der Waals surface area contributed by atoms with Crippen molar-refractivity contribution in [2.45, 2.75) is 46.4 Å². The zero-order valence-corrected chi connectivity index (χ0v) is 14.5. The molecule has 0 aliphatic carbocycles. The van der Waals surface area contributed by atoms with Gasteiger partial charge in [0.15, 0.2) is 5.82 Å². The predicted octanol–water partition coefficient (Wildman–Crippen LogP) is 1.83. The minimum absolute atomic E-state index is 0.0963. The Labute approximate surface area is 140 Å². The van der Waals surface area contributed by atoms with Gasteiger partial charge in [0.2, 0.25) is 0 Å². The van der Waals surface area contributed by atoms with Crippen LogP contribution in [-0.4, -0.2) is 50.0 Å². The number of nitrogens with zero attached hydrogens (tertiary/aromatic N) is 5. The zero-order chi connectivity index (χ0) is 17.3. The second-order valence-corrected chi connectivity index (χ2v) is 6.54. The van der Waals surface area contributed by atoms with Gasteiger partial charge in [0, 0.05) is 19.3 Å². The van der Waals surface area contributed by atoms with E-state index in [-0.39, 0.29) is 18.1 Å². The first kappa shape index (κ1) is 16.6. The topological polar surface area (TPSA) is 86.3 Å². The molecule has 0 N–H and O–H groups in total. The molecule has 2 atom stereocenters. The second kappa shape index (κ2) is 6.72. The van der Waals surface area contributed by atoms with Crippen LogP contribution in [0.15, 0.2) is 16.9 Å². The first-order valence-corrected chi connectivity index (χ1v) is 8.21. The van der Waals surface area contributed by atoms with Crippen molar-refractivity contribution in [2.24, 2.45) is 5.92 Å². The van der Waals surface area contributed by atoms with Crippen molar-refractivity contribution in [3.8, 4) is 0 Å². The van der Waals surface area contributed by atoms with Crippen LogP contribution >= 0.6 is 0 Å². The molecule has 3 rings (SSSR count). The molecule has 0 unspecified atom stereocenters. The highest BCUT2D eigenvalue weighted by atomic mass is 16.5. The number of hydrogen-bond acceptors (Lipinski definition) is 6.